The van der Waals surface area contributed by atoms with Gasteiger partial charge in [0.15, 0.2) is 20.2 Å². The summed E-state index contributed by atoms with van der Waals surface area (Å²) in [7, 11) is -1.97. The highest BCUT2D eigenvalue weighted by Gasteiger charge is 2.48. The molecule has 0 unspecified atom stereocenters. The fourth-order valence-electron chi connectivity index (χ4n) is 3.60. The number of hydrogen-bond donors (Lipinski definition) is 1. The number of rotatable bonds is 6. The van der Waals surface area contributed by atoms with Gasteiger partial charge in [-0.1, -0.05) is 39.0 Å². The highest BCUT2D eigenvalue weighted by atomic mass is 28.4. The first-order valence-electron chi connectivity index (χ1n) is 9.75. The minimum absolute atomic E-state index is 0.0189. The van der Waals surface area contributed by atoms with E-state index in [9.17, 15) is 9.59 Å². The van der Waals surface area contributed by atoms with Crippen molar-refractivity contribution in [3.63, 3.8) is 0 Å². The van der Waals surface area contributed by atoms with Crippen molar-refractivity contribution in [2.75, 3.05) is 0 Å². The van der Waals surface area contributed by atoms with Gasteiger partial charge in [-0.3, -0.25) is 9.59 Å². The van der Waals surface area contributed by atoms with Gasteiger partial charge in [-0.05, 0) is 36.7 Å². The van der Waals surface area contributed by atoms with Crippen LogP contribution in [0.15, 0.2) is 24.3 Å². The molecule has 1 fully saturated rings. The van der Waals surface area contributed by atoms with E-state index in [-0.39, 0.29) is 34.8 Å². The number of β-lactam (4-membered cyclic amide) rings is 1. The van der Waals surface area contributed by atoms with Crippen LogP contribution in [0.25, 0.3) is 0 Å². The van der Waals surface area contributed by atoms with Crippen molar-refractivity contribution in [3.05, 3.63) is 29.8 Å². The molecule has 0 spiro atoms. The molecule has 4 atom stereocenters. The second kappa shape index (κ2) is 7.06. The van der Waals surface area contributed by atoms with Gasteiger partial charge in [-0.25, -0.2) is 0 Å². The Morgan fingerprint density at radius 3 is 2.59 bits per heavy atom. The lowest BCUT2D eigenvalue weighted by Gasteiger charge is -2.45. The summed E-state index contributed by atoms with van der Waals surface area (Å²) >= 11 is 0. The second-order valence-electron chi connectivity index (χ2n) is 9.31. The van der Waals surface area contributed by atoms with Crippen molar-refractivity contribution >= 4 is 20.0 Å². The van der Waals surface area contributed by atoms with Crippen LogP contribution in [0, 0.1) is 5.92 Å². The molecule has 0 radical (unpaired) electrons. The lowest BCUT2D eigenvalue weighted by atomic mass is 9.82. The maximum absolute atomic E-state index is 12.7. The van der Waals surface area contributed by atoms with Crippen molar-refractivity contribution < 1.29 is 18.8 Å². The Hall–Kier alpha value is -1.66. The van der Waals surface area contributed by atoms with Crippen LogP contribution in [0.3, 0.4) is 0 Å². The van der Waals surface area contributed by atoms with Crippen molar-refractivity contribution in [2.24, 2.45) is 5.92 Å². The molecule has 1 aromatic rings. The van der Waals surface area contributed by atoms with E-state index >= 15 is 0 Å². The molecule has 0 aliphatic carbocycles. The number of hydrogen-bond acceptors (Lipinski definition) is 4. The normalized spacial score (nSPS) is 25.9. The Labute approximate surface area is 162 Å². The van der Waals surface area contributed by atoms with Gasteiger partial charge in [0.2, 0.25) is 5.91 Å². The molecule has 6 heteroatoms. The van der Waals surface area contributed by atoms with E-state index in [1.807, 2.05) is 31.2 Å². The van der Waals surface area contributed by atoms with Crippen LogP contribution >= 0.6 is 0 Å². The zero-order chi connectivity index (χ0) is 20.0. The lowest BCUT2D eigenvalue weighted by molar-refractivity contribution is -0.142. The fourth-order valence-corrected chi connectivity index (χ4v) is 5.03. The maximum Gasteiger partial charge on any atom is 0.228 e. The molecule has 2 aliphatic rings. The molecule has 2 heterocycles. The van der Waals surface area contributed by atoms with Crippen LogP contribution in [0.2, 0.25) is 18.1 Å². The molecule has 0 aromatic heterocycles. The highest BCUT2D eigenvalue weighted by molar-refractivity contribution is 6.74. The van der Waals surface area contributed by atoms with Crippen LogP contribution < -0.4 is 10.1 Å². The Balaban J connectivity index is 1.59. The van der Waals surface area contributed by atoms with Gasteiger partial charge >= 0.3 is 0 Å². The third-order valence-corrected chi connectivity index (χ3v) is 10.9. The number of ketones is 1. The number of Topliss-reactive ketones (excluding diaryl/α,β-unsaturated/α-hetero) is 1. The number of nitrogens with one attached hydrogen (secondary N) is 1. The van der Waals surface area contributed by atoms with E-state index in [1.165, 1.54) is 0 Å². The first-order chi connectivity index (χ1) is 12.5. The topological polar surface area (TPSA) is 64.6 Å². The Morgan fingerprint density at radius 1 is 1.33 bits per heavy atom. The van der Waals surface area contributed by atoms with Crippen LogP contribution in [-0.4, -0.2) is 38.3 Å². The minimum Gasteiger partial charge on any atom is -0.482 e. The van der Waals surface area contributed by atoms with Crippen molar-refractivity contribution in [1.29, 1.82) is 0 Å². The van der Waals surface area contributed by atoms with Crippen molar-refractivity contribution in [3.8, 4) is 5.75 Å². The average molecular weight is 390 g/mol. The molecule has 1 saturated heterocycles. The quantitative estimate of drug-likeness (QED) is 0.598. The van der Waals surface area contributed by atoms with E-state index < -0.39 is 14.4 Å². The van der Waals surface area contributed by atoms with E-state index in [1.54, 1.807) is 0 Å². The maximum atomic E-state index is 12.7. The Kier molecular flexibility index (Phi) is 5.25. The molecule has 0 saturated carbocycles. The number of carbonyl (C=O) groups excluding carboxylic acids is 2. The fraction of sp³-hybridized carbons (Fsp3) is 0.619. The lowest BCUT2D eigenvalue weighted by Crippen LogP contribution is -2.64. The van der Waals surface area contributed by atoms with E-state index in [4.69, 9.17) is 9.16 Å². The molecule has 0 bridgehead atoms. The van der Waals surface area contributed by atoms with Gasteiger partial charge in [-0.15, -0.1) is 0 Å². The average Bonchev–Trinajstić information content (AvgIpc) is 2.96. The number of carbonyl (C=O) groups is 2. The van der Waals surface area contributed by atoms with Crippen LogP contribution in [0.1, 0.15) is 39.7 Å². The second-order valence-corrected chi connectivity index (χ2v) is 14.1. The van der Waals surface area contributed by atoms with Crippen LogP contribution in [0.4, 0.5) is 0 Å². The largest absolute Gasteiger partial charge is 0.482 e. The molecule has 1 N–H and O–H groups in total. The molecule has 3 rings (SSSR count). The molecular formula is C21H31NO4Si. The predicted octanol–water partition coefficient (Wildman–Crippen LogP) is 3.47. The monoisotopic (exact) mass is 389 g/mol. The summed E-state index contributed by atoms with van der Waals surface area (Å²) in [4.78, 5) is 24.9. The minimum atomic E-state index is -1.97. The summed E-state index contributed by atoms with van der Waals surface area (Å²) in [6, 6.07) is 7.58. The smallest absolute Gasteiger partial charge is 0.228 e. The number of amides is 1. The van der Waals surface area contributed by atoms with E-state index in [0.29, 0.717) is 12.8 Å². The van der Waals surface area contributed by atoms with E-state index in [2.05, 4.69) is 39.2 Å². The summed E-state index contributed by atoms with van der Waals surface area (Å²) in [5, 5.41) is 2.97. The zero-order valence-corrected chi connectivity index (χ0v) is 18.2. The molecule has 27 heavy (non-hydrogen) atoms. The van der Waals surface area contributed by atoms with Gasteiger partial charge in [0, 0.05) is 18.9 Å². The number of fused-ring (bicyclic) bond motifs is 1. The van der Waals surface area contributed by atoms with Crippen molar-refractivity contribution in [2.45, 2.75) is 76.9 Å². The Morgan fingerprint density at radius 2 is 2.00 bits per heavy atom. The van der Waals surface area contributed by atoms with Crippen molar-refractivity contribution in [1.82, 2.24) is 5.32 Å². The van der Waals surface area contributed by atoms with Gasteiger partial charge in [0.1, 0.15) is 5.75 Å². The van der Waals surface area contributed by atoms with E-state index in [0.717, 1.165) is 11.3 Å². The van der Waals surface area contributed by atoms with Crippen LogP contribution in [-0.2, 0) is 20.4 Å². The first kappa shape index (κ1) is 20.1. The van der Waals surface area contributed by atoms with Gasteiger partial charge < -0.3 is 14.5 Å². The predicted molar refractivity (Wildman–Crippen MR) is 107 cm³/mol. The standard InChI is InChI=1S/C21H31NO4Si/c1-13(26-27(5,6)21(2,3)4)19-15(22-20(19)24)12-16(23)18-11-14-9-7-8-10-17(14)25-18/h7-10,13,15,18-19H,11-12H2,1-6H3,(H,22,24)/t13-,15-,18-,19-/m1/s1. The first-order valence-corrected chi connectivity index (χ1v) is 12.7. The summed E-state index contributed by atoms with van der Waals surface area (Å²) < 4.78 is 12.2. The molecule has 1 aromatic carbocycles. The SMILES string of the molecule is C[C@@H](O[Si](C)(C)C(C)(C)C)[C@H]1C(=O)N[C@@H]1CC(=O)[C@H]1Cc2ccccc2O1. The van der Waals surface area contributed by atoms with Crippen LogP contribution in [0.5, 0.6) is 5.75 Å². The molecule has 5 nitrogen and oxygen atoms in total. The third-order valence-electron chi connectivity index (χ3n) is 6.28. The van der Waals surface area contributed by atoms with Gasteiger partial charge in [-0.2, -0.15) is 0 Å². The number of benzene rings is 1. The molecule has 1 amide bonds. The number of para-hydroxylation sites is 1. The summed E-state index contributed by atoms with van der Waals surface area (Å²) in [6.07, 6.45) is 0.257. The summed E-state index contributed by atoms with van der Waals surface area (Å²) in [5.41, 5.74) is 1.07. The third kappa shape index (κ3) is 3.97. The summed E-state index contributed by atoms with van der Waals surface area (Å²) in [6.45, 7) is 12.9. The summed E-state index contributed by atoms with van der Waals surface area (Å²) in [5.74, 6) is 0.543. The molecule has 2 aliphatic heterocycles. The van der Waals surface area contributed by atoms with Gasteiger partial charge in [0.05, 0.1) is 12.0 Å². The van der Waals surface area contributed by atoms with Gasteiger partial charge in [0.25, 0.3) is 0 Å². The number of ether oxygens (including phenoxy) is 1. The molecule has 148 valence electrons. The zero-order valence-electron chi connectivity index (χ0n) is 17.2. The Bertz CT molecular complexity index is 715. The highest BCUT2D eigenvalue weighted by Crippen LogP contribution is 2.39. The molecular weight excluding hydrogens is 358 g/mol.